The molecule has 1 unspecified atom stereocenters. The number of nitrogens with one attached hydrogen (secondary N) is 1. The summed E-state index contributed by atoms with van der Waals surface area (Å²) in [6.07, 6.45) is 4.45. The summed E-state index contributed by atoms with van der Waals surface area (Å²) in [7, 11) is 0. The molecule has 0 amide bonds. The Bertz CT molecular complexity index is 191. The van der Waals surface area contributed by atoms with Crippen molar-refractivity contribution in [2.24, 2.45) is 11.7 Å². The summed E-state index contributed by atoms with van der Waals surface area (Å²) in [6.45, 7) is 4.33. The van der Waals surface area contributed by atoms with Crippen molar-refractivity contribution in [3.05, 3.63) is 18.2 Å². The van der Waals surface area contributed by atoms with Crippen molar-refractivity contribution >= 4 is 0 Å². The highest BCUT2D eigenvalue weighted by molar-refractivity contribution is 5.00. The highest BCUT2D eigenvalue weighted by Crippen LogP contribution is 2.15. The minimum atomic E-state index is 0.109. The molecule has 0 saturated carbocycles. The van der Waals surface area contributed by atoms with Crippen LogP contribution in [0, 0.1) is 5.92 Å². The van der Waals surface area contributed by atoms with Crippen LogP contribution in [-0.4, -0.2) is 9.97 Å². The monoisotopic (exact) mass is 153 g/mol. The quantitative estimate of drug-likeness (QED) is 0.690. The third kappa shape index (κ3) is 2.35. The van der Waals surface area contributed by atoms with Crippen LogP contribution >= 0.6 is 0 Å². The minimum absolute atomic E-state index is 0.109. The molecule has 1 aromatic heterocycles. The molecule has 3 N–H and O–H groups in total. The van der Waals surface area contributed by atoms with E-state index in [0.717, 1.165) is 12.1 Å². The first-order chi connectivity index (χ1) is 5.20. The van der Waals surface area contributed by atoms with Gasteiger partial charge in [0, 0.05) is 12.2 Å². The van der Waals surface area contributed by atoms with Crippen molar-refractivity contribution in [2.45, 2.75) is 26.3 Å². The zero-order chi connectivity index (χ0) is 8.27. The summed E-state index contributed by atoms with van der Waals surface area (Å²) in [5, 5.41) is 0. The van der Waals surface area contributed by atoms with E-state index in [1.807, 2.05) is 0 Å². The van der Waals surface area contributed by atoms with Crippen LogP contribution in [0.1, 0.15) is 32.0 Å². The Balaban J connectivity index is 2.49. The molecule has 1 atom stereocenters. The number of imidazole rings is 1. The lowest BCUT2D eigenvalue weighted by Crippen LogP contribution is -2.13. The smallest absolute Gasteiger partial charge is 0.0922 e. The number of nitrogens with zero attached hydrogens (tertiary/aromatic N) is 1. The van der Waals surface area contributed by atoms with Crippen LogP contribution in [0.2, 0.25) is 0 Å². The van der Waals surface area contributed by atoms with Gasteiger partial charge < -0.3 is 10.7 Å². The van der Waals surface area contributed by atoms with Crippen molar-refractivity contribution in [3.63, 3.8) is 0 Å². The van der Waals surface area contributed by atoms with Gasteiger partial charge in [0.2, 0.25) is 0 Å². The van der Waals surface area contributed by atoms with Crippen LogP contribution in [0.4, 0.5) is 0 Å². The largest absolute Gasteiger partial charge is 0.347 e. The van der Waals surface area contributed by atoms with Crippen molar-refractivity contribution < 1.29 is 0 Å². The van der Waals surface area contributed by atoms with Crippen molar-refractivity contribution in [2.75, 3.05) is 0 Å². The van der Waals surface area contributed by atoms with E-state index in [4.69, 9.17) is 5.73 Å². The van der Waals surface area contributed by atoms with E-state index < -0.39 is 0 Å². The first-order valence-corrected chi connectivity index (χ1v) is 3.94. The normalized spacial score (nSPS) is 13.8. The number of hydrogen-bond donors (Lipinski definition) is 2. The standard InChI is InChI=1S/C8H15N3/c1-6(2)3-7(9)8-4-10-5-11-8/h4-7H,3,9H2,1-2H3,(H,10,11). The Kier molecular flexibility index (Phi) is 2.65. The predicted octanol–water partition coefficient (Wildman–Crippen LogP) is 1.46. The van der Waals surface area contributed by atoms with E-state index in [1.165, 1.54) is 0 Å². The van der Waals surface area contributed by atoms with Gasteiger partial charge in [-0.1, -0.05) is 13.8 Å². The molecule has 0 saturated heterocycles. The molecule has 0 bridgehead atoms. The average molecular weight is 153 g/mol. The first kappa shape index (κ1) is 8.27. The summed E-state index contributed by atoms with van der Waals surface area (Å²) in [6, 6.07) is 0.109. The van der Waals surface area contributed by atoms with E-state index in [-0.39, 0.29) is 6.04 Å². The SMILES string of the molecule is CC(C)CC(N)c1cnc[nH]1. The molecule has 0 spiro atoms. The highest BCUT2D eigenvalue weighted by atomic mass is 14.9. The molecule has 0 aliphatic rings. The third-order valence-corrected chi connectivity index (χ3v) is 1.64. The number of aromatic amines is 1. The second kappa shape index (κ2) is 3.53. The summed E-state index contributed by atoms with van der Waals surface area (Å²) < 4.78 is 0. The molecular weight excluding hydrogens is 138 g/mol. The van der Waals surface area contributed by atoms with E-state index in [0.29, 0.717) is 5.92 Å². The highest BCUT2D eigenvalue weighted by Gasteiger charge is 2.08. The van der Waals surface area contributed by atoms with Crippen LogP contribution in [0.15, 0.2) is 12.5 Å². The number of nitrogens with two attached hydrogens (primary N) is 1. The fraction of sp³-hybridized carbons (Fsp3) is 0.625. The lowest BCUT2D eigenvalue weighted by Gasteiger charge is -2.11. The van der Waals surface area contributed by atoms with Gasteiger partial charge in [0.1, 0.15) is 0 Å². The Labute approximate surface area is 67.0 Å². The molecular formula is C8H15N3. The molecule has 0 aliphatic heterocycles. The van der Waals surface area contributed by atoms with E-state index in [9.17, 15) is 0 Å². The van der Waals surface area contributed by atoms with E-state index in [1.54, 1.807) is 12.5 Å². The van der Waals surface area contributed by atoms with Crippen LogP contribution in [0.5, 0.6) is 0 Å². The number of aromatic nitrogens is 2. The maximum absolute atomic E-state index is 5.87. The van der Waals surface area contributed by atoms with Gasteiger partial charge in [0.05, 0.1) is 12.0 Å². The number of hydrogen-bond acceptors (Lipinski definition) is 2. The molecule has 0 aliphatic carbocycles. The van der Waals surface area contributed by atoms with Gasteiger partial charge in [-0.25, -0.2) is 4.98 Å². The molecule has 1 aromatic rings. The zero-order valence-electron chi connectivity index (χ0n) is 7.04. The number of H-pyrrole nitrogens is 1. The summed E-state index contributed by atoms with van der Waals surface area (Å²) in [5.74, 6) is 0.633. The fourth-order valence-electron chi connectivity index (χ4n) is 1.10. The zero-order valence-corrected chi connectivity index (χ0v) is 7.04. The van der Waals surface area contributed by atoms with Crippen molar-refractivity contribution in [1.82, 2.24) is 9.97 Å². The molecule has 0 radical (unpaired) electrons. The average Bonchev–Trinajstić information content (AvgIpc) is 2.35. The van der Waals surface area contributed by atoms with Gasteiger partial charge in [-0.05, 0) is 12.3 Å². The number of rotatable bonds is 3. The minimum Gasteiger partial charge on any atom is -0.347 e. The molecule has 3 nitrogen and oxygen atoms in total. The second-order valence-electron chi connectivity index (χ2n) is 3.24. The van der Waals surface area contributed by atoms with Crippen molar-refractivity contribution in [1.29, 1.82) is 0 Å². The lowest BCUT2D eigenvalue weighted by molar-refractivity contribution is 0.503. The van der Waals surface area contributed by atoms with Gasteiger partial charge in [0.15, 0.2) is 0 Å². The Morgan fingerprint density at radius 2 is 2.36 bits per heavy atom. The van der Waals surface area contributed by atoms with Gasteiger partial charge >= 0.3 is 0 Å². The Hall–Kier alpha value is -0.830. The molecule has 11 heavy (non-hydrogen) atoms. The molecule has 3 heteroatoms. The van der Waals surface area contributed by atoms with Crippen LogP contribution < -0.4 is 5.73 Å². The summed E-state index contributed by atoms with van der Waals surface area (Å²) in [4.78, 5) is 6.92. The lowest BCUT2D eigenvalue weighted by atomic mass is 10.0. The summed E-state index contributed by atoms with van der Waals surface area (Å²) >= 11 is 0. The molecule has 1 heterocycles. The Morgan fingerprint density at radius 1 is 1.64 bits per heavy atom. The van der Waals surface area contributed by atoms with Crippen molar-refractivity contribution in [3.8, 4) is 0 Å². The fourth-order valence-corrected chi connectivity index (χ4v) is 1.10. The van der Waals surface area contributed by atoms with Gasteiger partial charge in [0.25, 0.3) is 0 Å². The maximum atomic E-state index is 5.87. The van der Waals surface area contributed by atoms with Crippen LogP contribution in [-0.2, 0) is 0 Å². The molecule has 1 rings (SSSR count). The Morgan fingerprint density at radius 3 is 2.82 bits per heavy atom. The topological polar surface area (TPSA) is 54.7 Å². The van der Waals surface area contributed by atoms with Gasteiger partial charge in [-0.3, -0.25) is 0 Å². The maximum Gasteiger partial charge on any atom is 0.0922 e. The molecule has 0 fully saturated rings. The summed E-state index contributed by atoms with van der Waals surface area (Å²) in [5.41, 5.74) is 6.90. The van der Waals surface area contributed by atoms with Crippen LogP contribution in [0.3, 0.4) is 0 Å². The molecule has 62 valence electrons. The second-order valence-corrected chi connectivity index (χ2v) is 3.24. The predicted molar refractivity (Wildman–Crippen MR) is 45.0 cm³/mol. The first-order valence-electron chi connectivity index (χ1n) is 3.94. The van der Waals surface area contributed by atoms with Gasteiger partial charge in [-0.15, -0.1) is 0 Å². The van der Waals surface area contributed by atoms with Crippen LogP contribution in [0.25, 0.3) is 0 Å². The van der Waals surface area contributed by atoms with Gasteiger partial charge in [-0.2, -0.15) is 0 Å². The van der Waals surface area contributed by atoms with E-state index >= 15 is 0 Å². The molecule has 0 aromatic carbocycles. The third-order valence-electron chi connectivity index (χ3n) is 1.64. The van der Waals surface area contributed by atoms with E-state index in [2.05, 4.69) is 23.8 Å².